The summed E-state index contributed by atoms with van der Waals surface area (Å²) in [5.74, 6) is 0.788. The molecule has 0 saturated heterocycles. The zero-order valence-electron chi connectivity index (χ0n) is 12.0. The Morgan fingerprint density at radius 1 is 1.35 bits per heavy atom. The van der Waals surface area contributed by atoms with Crippen LogP contribution in [0, 0.1) is 13.8 Å². The van der Waals surface area contributed by atoms with E-state index in [0.29, 0.717) is 12.2 Å². The van der Waals surface area contributed by atoms with E-state index in [9.17, 15) is 4.79 Å². The Morgan fingerprint density at radius 2 is 2.10 bits per heavy atom. The standard InChI is InChI=1S/C16H18N2O2/c1-5-6-18-13(10-19)9-15(17-18)14-8-11(2)7-12(3)16(14)20-4/h5,7-10H,1,6H2,2-4H3. The van der Waals surface area contributed by atoms with Crippen LogP contribution >= 0.6 is 0 Å². The van der Waals surface area contributed by atoms with Crippen LogP contribution in [0.2, 0.25) is 0 Å². The van der Waals surface area contributed by atoms with E-state index in [1.54, 1.807) is 23.9 Å². The topological polar surface area (TPSA) is 44.1 Å². The summed E-state index contributed by atoms with van der Waals surface area (Å²) < 4.78 is 7.10. The number of hydrogen-bond acceptors (Lipinski definition) is 3. The van der Waals surface area contributed by atoms with Gasteiger partial charge in [-0.05, 0) is 37.1 Å². The average Bonchev–Trinajstić information content (AvgIpc) is 2.81. The Hall–Kier alpha value is -2.36. The first-order chi connectivity index (χ1) is 9.60. The lowest BCUT2D eigenvalue weighted by Crippen LogP contribution is -2.02. The highest BCUT2D eigenvalue weighted by atomic mass is 16.5. The van der Waals surface area contributed by atoms with Crippen molar-refractivity contribution in [1.29, 1.82) is 0 Å². The molecule has 0 N–H and O–H groups in total. The molecule has 0 radical (unpaired) electrons. The maximum atomic E-state index is 11.1. The van der Waals surface area contributed by atoms with Crippen molar-refractivity contribution >= 4 is 6.29 Å². The van der Waals surface area contributed by atoms with Crippen molar-refractivity contribution < 1.29 is 9.53 Å². The second-order valence-electron chi connectivity index (χ2n) is 4.71. The highest BCUT2D eigenvalue weighted by Gasteiger charge is 2.14. The van der Waals surface area contributed by atoms with E-state index in [0.717, 1.165) is 34.4 Å². The van der Waals surface area contributed by atoms with Gasteiger partial charge in [0.1, 0.15) is 11.4 Å². The number of aldehydes is 1. The monoisotopic (exact) mass is 270 g/mol. The normalized spacial score (nSPS) is 10.3. The molecule has 104 valence electrons. The molecule has 1 aromatic carbocycles. The molecular weight excluding hydrogens is 252 g/mol. The third-order valence-corrected chi connectivity index (χ3v) is 3.13. The summed E-state index contributed by atoms with van der Waals surface area (Å²) in [6.45, 7) is 8.20. The second-order valence-corrected chi connectivity index (χ2v) is 4.71. The molecule has 4 nitrogen and oxygen atoms in total. The van der Waals surface area contributed by atoms with Crippen molar-refractivity contribution in [1.82, 2.24) is 9.78 Å². The van der Waals surface area contributed by atoms with Crippen LogP contribution in [0.5, 0.6) is 5.75 Å². The van der Waals surface area contributed by atoms with Crippen LogP contribution in [0.3, 0.4) is 0 Å². The fourth-order valence-corrected chi connectivity index (χ4v) is 2.34. The number of aryl methyl sites for hydroxylation is 2. The number of carbonyl (C=O) groups excluding carboxylic acids is 1. The number of allylic oxidation sites excluding steroid dienone is 1. The maximum absolute atomic E-state index is 11.1. The van der Waals surface area contributed by atoms with Crippen molar-refractivity contribution in [3.63, 3.8) is 0 Å². The van der Waals surface area contributed by atoms with Gasteiger partial charge in [0.05, 0.1) is 19.3 Å². The fraction of sp³-hybridized carbons (Fsp3) is 0.250. The average molecular weight is 270 g/mol. The molecule has 0 fully saturated rings. The Kier molecular flexibility index (Phi) is 4.03. The minimum absolute atomic E-state index is 0.501. The molecule has 1 aromatic heterocycles. The van der Waals surface area contributed by atoms with Crippen LogP contribution in [0.1, 0.15) is 21.6 Å². The van der Waals surface area contributed by atoms with Gasteiger partial charge in [-0.2, -0.15) is 5.10 Å². The van der Waals surface area contributed by atoms with Gasteiger partial charge in [0.15, 0.2) is 6.29 Å². The smallest absolute Gasteiger partial charge is 0.168 e. The zero-order valence-corrected chi connectivity index (χ0v) is 12.0. The SMILES string of the molecule is C=CCn1nc(-c2cc(C)cc(C)c2OC)cc1C=O. The molecule has 2 rings (SSSR count). The zero-order chi connectivity index (χ0) is 14.7. The highest BCUT2D eigenvalue weighted by molar-refractivity contribution is 5.78. The molecule has 2 aromatic rings. The molecule has 4 heteroatoms. The molecule has 0 unspecified atom stereocenters. The van der Waals surface area contributed by atoms with E-state index in [4.69, 9.17) is 4.74 Å². The van der Waals surface area contributed by atoms with Crippen LogP contribution in [-0.4, -0.2) is 23.2 Å². The molecule has 0 bridgehead atoms. The largest absolute Gasteiger partial charge is 0.496 e. The third kappa shape index (κ3) is 2.50. The minimum atomic E-state index is 0.501. The molecular formula is C16H18N2O2. The first-order valence-electron chi connectivity index (χ1n) is 6.40. The van der Waals surface area contributed by atoms with Crippen LogP contribution in [0.25, 0.3) is 11.3 Å². The van der Waals surface area contributed by atoms with E-state index in [1.807, 2.05) is 19.9 Å². The lowest BCUT2D eigenvalue weighted by Gasteiger charge is -2.11. The first kappa shape index (κ1) is 14.1. The lowest BCUT2D eigenvalue weighted by atomic mass is 10.0. The van der Waals surface area contributed by atoms with Gasteiger partial charge < -0.3 is 4.74 Å². The fourth-order valence-electron chi connectivity index (χ4n) is 2.34. The number of methoxy groups -OCH3 is 1. The predicted molar refractivity (Wildman–Crippen MR) is 79.3 cm³/mol. The van der Waals surface area contributed by atoms with Crippen LogP contribution in [0.15, 0.2) is 30.9 Å². The Bertz CT molecular complexity index is 657. The summed E-state index contributed by atoms with van der Waals surface area (Å²) in [6.07, 6.45) is 2.51. The number of aromatic nitrogens is 2. The van der Waals surface area contributed by atoms with Crippen LogP contribution < -0.4 is 4.74 Å². The van der Waals surface area contributed by atoms with Gasteiger partial charge >= 0.3 is 0 Å². The number of ether oxygens (including phenoxy) is 1. The molecule has 0 spiro atoms. The second kappa shape index (κ2) is 5.74. The lowest BCUT2D eigenvalue weighted by molar-refractivity contribution is 0.111. The Labute approximate surface area is 118 Å². The molecule has 0 saturated carbocycles. The molecule has 1 heterocycles. The van der Waals surface area contributed by atoms with Crippen molar-refractivity contribution in [2.75, 3.05) is 7.11 Å². The number of hydrogen-bond donors (Lipinski definition) is 0. The Morgan fingerprint density at radius 3 is 2.70 bits per heavy atom. The van der Waals surface area contributed by atoms with Gasteiger partial charge in [-0.25, -0.2) is 0 Å². The minimum Gasteiger partial charge on any atom is -0.496 e. The van der Waals surface area contributed by atoms with E-state index >= 15 is 0 Å². The predicted octanol–water partition coefficient (Wildman–Crippen LogP) is 3.17. The van der Waals surface area contributed by atoms with Gasteiger partial charge in [-0.15, -0.1) is 6.58 Å². The van der Waals surface area contributed by atoms with E-state index in [-0.39, 0.29) is 0 Å². The van der Waals surface area contributed by atoms with E-state index < -0.39 is 0 Å². The molecule has 0 atom stereocenters. The van der Waals surface area contributed by atoms with Gasteiger partial charge in [0.25, 0.3) is 0 Å². The highest BCUT2D eigenvalue weighted by Crippen LogP contribution is 2.33. The number of nitrogens with zero attached hydrogens (tertiary/aromatic N) is 2. The van der Waals surface area contributed by atoms with Gasteiger partial charge in [0, 0.05) is 5.56 Å². The summed E-state index contributed by atoms with van der Waals surface area (Å²) in [7, 11) is 1.64. The molecule has 0 amide bonds. The summed E-state index contributed by atoms with van der Waals surface area (Å²) in [6, 6.07) is 5.85. The third-order valence-electron chi connectivity index (χ3n) is 3.13. The quantitative estimate of drug-likeness (QED) is 0.619. The number of benzene rings is 1. The van der Waals surface area contributed by atoms with Crippen molar-refractivity contribution in [2.45, 2.75) is 20.4 Å². The van der Waals surface area contributed by atoms with Crippen LogP contribution in [0.4, 0.5) is 0 Å². The summed E-state index contributed by atoms with van der Waals surface area (Å²) in [4.78, 5) is 11.1. The van der Waals surface area contributed by atoms with E-state index in [1.165, 1.54) is 0 Å². The first-order valence-corrected chi connectivity index (χ1v) is 6.40. The molecule has 20 heavy (non-hydrogen) atoms. The molecule has 0 aliphatic carbocycles. The number of carbonyl (C=O) groups is 1. The van der Waals surface area contributed by atoms with Gasteiger partial charge in [0.2, 0.25) is 0 Å². The van der Waals surface area contributed by atoms with Crippen molar-refractivity contribution in [3.8, 4) is 17.0 Å². The van der Waals surface area contributed by atoms with E-state index in [2.05, 4.69) is 17.7 Å². The van der Waals surface area contributed by atoms with Gasteiger partial charge in [-0.1, -0.05) is 12.1 Å². The number of rotatable bonds is 5. The Balaban J connectivity index is 2.61. The maximum Gasteiger partial charge on any atom is 0.168 e. The van der Waals surface area contributed by atoms with Crippen molar-refractivity contribution in [3.05, 3.63) is 47.7 Å². The summed E-state index contributed by atoms with van der Waals surface area (Å²) >= 11 is 0. The van der Waals surface area contributed by atoms with Gasteiger partial charge in [-0.3, -0.25) is 9.48 Å². The molecule has 0 aliphatic rings. The van der Waals surface area contributed by atoms with Crippen LogP contribution in [-0.2, 0) is 6.54 Å². The summed E-state index contributed by atoms with van der Waals surface area (Å²) in [5.41, 5.74) is 4.34. The van der Waals surface area contributed by atoms with Crippen molar-refractivity contribution in [2.24, 2.45) is 0 Å². The summed E-state index contributed by atoms with van der Waals surface area (Å²) in [5, 5.41) is 4.47. The molecule has 0 aliphatic heterocycles.